The molecule has 1 aliphatic rings. The number of benzene rings is 2. The fourth-order valence-electron chi connectivity index (χ4n) is 3.77. The molecule has 4 rings (SSSR count). The highest BCUT2D eigenvalue weighted by molar-refractivity contribution is 8.00. The van der Waals surface area contributed by atoms with Crippen molar-refractivity contribution >= 4 is 23.4 Å². The Morgan fingerprint density at radius 2 is 1.89 bits per heavy atom. The van der Waals surface area contributed by atoms with Gasteiger partial charge in [0.1, 0.15) is 0 Å². The zero-order valence-electron chi connectivity index (χ0n) is 16.5. The molecule has 6 heteroatoms. The number of hydrogen-bond donors (Lipinski definition) is 0. The molecule has 2 aromatic carbocycles. The minimum absolute atomic E-state index is 0.0635. The molecule has 0 unspecified atom stereocenters. The predicted molar refractivity (Wildman–Crippen MR) is 112 cm³/mol. The fourth-order valence-corrected chi connectivity index (χ4v) is 4.50. The van der Waals surface area contributed by atoms with Gasteiger partial charge in [0.05, 0.1) is 5.25 Å². The average Bonchev–Trinajstić information content (AvgIpc) is 3.23. The van der Waals surface area contributed by atoms with Crippen LogP contribution in [-0.2, 0) is 11.2 Å². The third-order valence-corrected chi connectivity index (χ3v) is 5.87. The van der Waals surface area contributed by atoms with Gasteiger partial charge in [0.25, 0.3) is 5.22 Å². The molecular formula is C22H23N3O2S. The zero-order valence-corrected chi connectivity index (χ0v) is 17.3. The van der Waals surface area contributed by atoms with Crippen LogP contribution in [0.1, 0.15) is 30.5 Å². The predicted octanol–water partition coefficient (Wildman–Crippen LogP) is 4.81. The van der Waals surface area contributed by atoms with Crippen LogP contribution in [0.4, 0.5) is 5.69 Å². The summed E-state index contributed by atoms with van der Waals surface area (Å²) in [5.74, 6) is 0.544. The third-order valence-electron chi connectivity index (χ3n) is 4.95. The molecule has 1 aliphatic heterocycles. The standard InChI is InChI=1S/C22H23N3O2S/c1-13-9-14(2)11-18(10-13)20-23-24-22(27-20)28-16(4)21(26)25-15(3)12-17-7-5-6-8-19(17)25/h5-11,15-16H,12H2,1-4H3/t15-,16-/m1/s1. The molecule has 2 atom stereocenters. The molecular weight excluding hydrogens is 370 g/mol. The molecule has 3 aromatic rings. The van der Waals surface area contributed by atoms with Gasteiger partial charge in [-0.05, 0) is 57.9 Å². The maximum Gasteiger partial charge on any atom is 0.277 e. The Hall–Kier alpha value is -2.60. The Balaban J connectivity index is 1.51. The van der Waals surface area contributed by atoms with Crippen LogP contribution < -0.4 is 4.90 Å². The summed E-state index contributed by atoms with van der Waals surface area (Å²) < 4.78 is 5.83. The van der Waals surface area contributed by atoms with E-state index in [-0.39, 0.29) is 17.2 Å². The van der Waals surface area contributed by atoms with Crippen LogP contribution in [0, 0.1) is 13.8 Å². The first-order valence-electron chi connectivity index (χ1n) is 9.42. The van der Waals surface area contributed by atoms with Gasteiger partial charge in [-0.3, -0.25) is 4.79 Å². The van der Waals surface area contributed by atoms with Gasteiger partial charge in [0.2, 0.25) is 11.8 Å². The first-order chi connectivity index (χ1) is 13.4. The van der Waals surface area contributed by atoms with Crippen molar-refractivity contribution in [2.24, 2.45) is 0 Å². The van der Waals surface area contributed by atoms with E-state index < -0.39 is 0 Å². The van der Waals surface area contributed by atoms with Crippen LogP contribution in [0.25, 0.3) is 11.5 Å². The van der Waals surface area contributed by atoms with Gasteiger partial charge in [0, 0.05) is 17.3 Å². The normalized spacial score (nSPS) is 16.9. The second-order valence-electron chi connectivity index (χ2n) is 7.40. The molecule has 0 saturated heterocycles. The van der Waals surface area contributed by atoms with E-state index in [0.29, 0.717) is 11.1 Å². The van der Waals surface area contributed by atoms with E-state index >= 15 is 0 Å². The van der Waals surface area contributed by atoms with E-state index in [1.165, 1.54) is 17.3 Å². The van der Waals surface area contributed by atoms with Crippen LogP contribution in [0.15, 0.2) is 52.1 Å². The van der Waals surface area contributed by atoms with E-state index in [0.717, 1.165) is 28.8 Å². The van der Waals surface area contributed by atoms with E-state index in [9.17, 15) is 4.79 Å². The fraction of sp³-hybridized carbons (Fsp3) is 0.318. The Labute approximate surface area is 169 Å². The molecule has 0 fully saturated rings. The first kappa shape index (κ1) is 18.7. The number of para-hydroxylation sites is 1. The van der Waals surface area contributed by atoms with Crippen molar-refractivity contribution in [3.05, 3.63) is 59.2 Å². The minimum Gasteiger partial charge on any atom is -0.411 e. The largest absolute Gasteiger partial charge is 0.411 e. The first-order valence-corrected chi connectivity index (χ1v) is 10.3. The molecule has 2 heterocycles. The molecule has 1 amide bonds. The number of hydrogen-bond acceptors (Lipinski definition) is 5. The summed E-state index contributed by atoms with van der Waals surface area (Å²) in [6, 6.07) is 14.4. The van der Waals surface area contributed by atoms with E-state index in [2.05, 4.69) is 29.3 Å². The molecule has 0 radical (unpaired) electrons. The number of aryl methyl sites for hydroxylation is 2. The van der Waals surface area contributed by atoms with Crippen molar-refractivity contribution in [2.45, 2.75) is 50.6 Å². The monoisotopic (exact) mass is 393 g/mol. The summed E-state index contributed by atoms with van der Waals surface area (Å²) >= 11 is 1.31. The van der Waals surface area contributed by atoms with Crippen LogP contribution >= 0.6 is 11.8 Å². The number of rotatable bonds is 4. The van der Waals surface area contributed by atoms with Gasteiger partial charge >= 0.3 is 0 Å². The highest BCUT2D eigenvalue weighted by Gasteiger charge is 2.34. The van der Waals surface area contributed by atoms with Crippen LogP contribution in [-0.4, -0.2) is 27.4 Å². The number of anilines is 1. The van der Waals surface area contributed by atoms with E-state index in [1.807, 2.05) is 56.0 Å². The summed E-state index contributed by atoms with van der Waals surface area (Å²) in [6.07, 6.45) is 0.886. The van der Waals surface area contributed by atoms with E-state index in [1.54, 1.807) is 0 Å². The van der Waals surface area contributed by atoms with Crippen LogP contribution in [0.3, 0.4) is 0 Å². The van der Waals surface area contributed by atoms with Gasteiger partial charge in [-0.1, -0.05) is 47.2 Å². The molecule has 28 heavy (non-hydrogen) atoms. The smallest absolute Gasteiger partial charge is 0.277 e. The quantitative estimate of drug-likeness (QED) is 0.595. The number of fused-ring (bicyclic) bond motifs is 1. The maximum absolute atomic E-state index is 13.1. The topological polar surface area (TPSA) is 59.2 Å². The van der Waals surface area contributed by atoms with Crippen molar-refractivity contribution in [2.75, 3.05) is 4.90 Å². The van der Waals surface area contributed by atoms with Crippen molar-refractivity contribution in [1.82, 2.24) is 10.2 Å². The lowest BCUT2D eigenvalue weighted by Crippen LogP contribution is -2.40. The second-order valence-corrected chi connectivity index (χ2v) is 8.69. The van der Waals surface area contributed by atoms with Crippen molar-refractivity contribution in [3.63, 3.8) is 0 Å². The Kier molecular flexibility index (Phi) is 4.98. The molecule has 0 aliphatic carbocycles. The Morgan fingerprint density at radius 3 is 2.64 bits per heavy atom. The van der Waals surface area contributed by atoms with Crippen LogP contribution in [0.5, 0.6) is 0 Å². The molecule has 0 N–H and O–H groups in total. The summed E-state index contributed by atoms with van der Waals surface area (Å²) in [4.78, 5) is 15.0. The molecule has 0 saturated carbocycles. The second kappa shape index (κ2) is 7.43. The SMILES string of the molecule is Cc1cc(C)cc(-c2nnc(S[C@H](C)C(=O)N3c4ccccc4C[C@H]3C)o2)c1. The number of amides is 1. The maximum atomic E-state index is 13.1. The summed E-state index contributed by atoms with van der Waals surface area (Å²) in [7, 11) is 0. The van der Waals surface area contributed by atoms with Gasteiger partial charge < -0.3 is 9.32 Å². The van der Waals surface area contributed by atoms with Crippen molar-refractivity contribution in [1.29, 1.82) is 0 Å². The Morgan fingerprint density at radius 1 is 1.18 bits per heavy atom. The summed E-state index contributed by atoms with van der Waals surface area (Å²) in [5.41, 5.74) is 5.42. The number of nitrogens with zero attached hydrogens (tertiary/aromatic N) is 3. The van der Waals surface area contributed by atoms with E-state index in [4.69, 9.17) is 4.42 Å². The molecule has 0 spiro atoms. The lowest BCUT2D eigenvalue weighted by Gasteiger charge is -2.25. The summed E-state index contributed by atoms with van der Waals surface area (Å²) in [6.45, 7) is 8.05. The summed E-state index contributed by atoms with van der Waals surface area (Å²) in [5, 5.41) is 8.40. The van der Waals surface area contributed by atoms with Gasteiger partial charge in [0.15, 0.2) is 0 Å². The molecule has 144 valence electrons. The van der Waals surface area contributed by atoms with Gasteiger partial charge in [-0.25, -0.2) is 0 Å². The Bertz CT molecular complexity index is 1010. The molecule has 0 bridgehead atoms. The number of aromatic nitrogens is 2. The zero-order chi connectivity index (χ0) is 19.8. The molecule has 5 nitrogen and oxygen atoms in total. The molecule has 1 aromatic heterocycles. The highest BCUT2D eigenvalue weighted by Crippen LogP contribution is 2.35. The number of carbonyl (C=O) groups excluding carboxylic acids is 1. The minimum atomic E-state index is -0.318. The number of thioether (sulfide) groups is 1. The third kappa shape index (κ3) is 3.56. The van der Waals surface area contributed by atoms with Gasteiger partial charge in [-0.2, -0.15) is 0 Å². The van der Waals surface area contributed by atoms with Crippen molar-refractivity contribution < 1.29 is 9.21 Å². The van der Waals surface area contributed by atoms with Crippen LogP contribution in [0.2, 0.25) is 0 Å². The number of carbonyl (C=O) groups is 1. The lowest BCUT2D eigenvalue weighted by atomic mass is 10.1. The van der Waals surface area contributed by atoms with Gasteiger partial charge in [-0.15, -0.1) is 10.2 Å². The van der Waals surface area contributed by atoms with Crippen molar-refractivity contribution in [3.8, 4) is 11.5 Å². The highest BCUT2D eigenvalue weighted by atomic mass is 32.2. The average molecular weight is 394 g/mol. The lowest BCUT2D eigenvalue weighted by molar-refractivity contribution is -0.118.